The number of nitrogens with zero attached hydrogens (tertiary/aromatic N) is 2. The van der Waals surface area contributed by atoms with Crippen molar-refractivity contribution in [3.05, 3.63) is 81.7 Å². The van der Waals surface area contributed by atoms with Gasteiger partial charge in [-0.25, -0.2) is 4.98 Å². The summed E-state index contributed by atoms with van der Waals surface area (Å²) in [5.41, 5.74) is 2.29. The molecular formula is C24H19Cl2N3O2S. The van der Waals surface area contributed by atoms with Gasteiger partial charge in [0.15, 0.2) is 0 Å². The van der Waals surface area contributed by atoms with Gasteiger partial charge in [-0.15, -0.1) is 11.3 Å². The van der Waals surface area contributed by atoms with Crippen LogP contribution in [0.25, 0.3) is 21.5 Å². The number of nitrogens with one attached hydrogen (secondary N) is 1. The van der Waals surface area contributed by atoms with Gasteiger partial charge in [0.05, 0.1) is 37.4 Å². The third kappa shape index (κ3) is 4.63. The minimum absolute atomic E-state index is 0.137. The number of carbonyl (C=O) groups is 2. The maximum Gasteiger partial charge on any atom is 0.255 e. The molecular weight excluding hydrogens is 465 g/mol. The minimum atomic E-state index is -0.382. The summed E-state index contributed by atoms with van der Waals surface area (Å²) >= 11 is 13.9. The monoisotopic (exact) mass is 483 g/mol. The Balaban J connectivity index is 1.64. The van der Waals surface area contributed by atoms with Crippen molar-refractivity contribution in [2.75, 3.05) is 18.4 Å². The Morgan fingerprint density at radius 3 is 2.47 bits per heavy atom. The van der Waals surface area contributed by atoms with Gasteiger partial charge in [0, 0.05) is 11.9 Å². The summed E-state index contributed by atoms with van der Waals surface area (Å²) in [6.45, 7) is 2.05. The molecule has 2 amide bonds. The van der Waals surface area contributed by atoms with Gasteiger partial charge in [0.1, 0.15) is 6.54 Å². The first-order valence-electron chi connectivity index (χ1n) is 9.94. The molecule has 2 heterocycles. The lowest BCUT2D eigenvalue weighted by atomic mass is 10.1. The molecule has 0 aliphatic heterocycles. The fraction of sp³-hybridized carbons (Fsp3) is 0.125. The fourth-order valence-corrected chi connectivity index (χ4v) is 4.55. The van der Waals surface area contributed by atoms with Crippen molar-refractivity contribution in [1.82, 2.24) is 9.88 Å². The number of likely N-dealkylation sites (N-methyl/N-ethyl adjacent to an activating group) is 1. The minimum Gasteiger partial charge on any atom is -0.330 e. The van der Waals surface area contributed by atoms with Gasteiger partial charge in [-0.2, -0.15) is 0 Å². The first-order valence-corrected chi connectivity index (χ1v) is 11.6. The molecule has 4 rings (SSSR count). The number of fused-ring (bicyclic) bond motifs is 1. The van der Waals surface area contributed by atoms with E-state index in [1.165, 1.54) is 4.90 Å². The van der Waals surface area contributed by atoms with E-state index in [2.05, 4.69) is 5.32 Å². The van der Waals surface area contributed by atoms with E-state index in [4.69, 9.17) is 28.2 Å². The topological polar surface area (TPSA) is 62.3 Å². The number of hydrogen-bond acceptors (Lipinski definition) is 4. The molecule has 0 atom stereocenters. The van der Waals surface area contributed by atoms with Crippen molar-refractivity contribution < 1.29 is 9.59 Å². The van der Waals surface area contributed by atoms with Crippen molar-refractivity contribution in [3.63, 3.8) is 0 Å². The molecule has 2 aromatic carbocycles. The molecule has 32 heavy (non-hydrogen) atoms. The average molecular weight is 484 g/mol. The lowest BCUT2D eigenvalue weighted by Crippen LogP contribution is -2.38. The average Bonchev–Trinajstić information content (AvgIpc) is 3.34. The molecule has 0 radical (unpaired) electrons. The number of hydrogen-bond donors (Lipinski definition) is 1. The van der Waals surface area contributed by atoms with Gasteiger partial charge in [0.25, 0.3) is 5.91 Å². The second-order valence-electron chi connectivity index (χ2n) is 7.01. The Kier molecular flexibility index (Phi) is 6.74. The Hall–Kier alpha value is -2.93. The number of benzene rings is 2. The third-order valence-corrected chi connectivity index (χ3v) is 6.47. The molecule has 0 bridgehead atoms. The lowest BCUT2D eigenvalue weighted by Gasteiger charge is -2.22. The van der Waals surface area contributed by atoms with Crippen LogP contribution in [-0.4, -0.2) is 34.8 Å². The Morgan fingerprint density at radius 2 is 1.78 bits per heavy atom. The van der Waals surface area contributed by atoms with E-state index in [-0.39, 0.29) is 18.4 Å². The number of pyridine rings is 1. The van der Waals surface area contributed by atoms with Crippen LogP contribution in [0.4, 0.5) is 5.69 Å². The normalized spacial score (nSPS) is 10.8. The molecule has 0 saturated heterocycles. The summed E-state index contributed by atoms with van der Waals surface area (Å²) in [4.78, 5) is 33.4. The molecule has 0 unspecified atom stereocenters. The highest BCUT2D eigenvalue weighted by Crippen LogP contribution is 2.30. The first-order chi connectivity index (χ1) is 15.5. The molecule has 2 aromatic heterocycles. The summed E-state index contributed by atoms with van der Waals surface area (Å²) < 4.78 is 0. The van der Waals surface area contributed by atoms with Gasteiger partial charge >= 0.3 is 0 Å². The van der Waals surface area contributed by atoms with E-state index in [0.29, 0.717) is 27.8 Å². The van der Waals surface area contributed by atoms with Crippen molar-refractivity contribution in [1.29, 1.82) is 0 Å². The standard InChI is InChI=1S/C24H19Cl2N3O2S/c1-2-29(14-22(30)28-23-17(25)8-5-9-18(23)26)24(31)16-13-20(21-11-6-12-32-21)27-19-10-4-3-7-15(16)19/h3-13H,2,14H2,1H3,(H,28,30). The van der Waals surface area contributed by atoms with Crippen LogP contribution in [-0.2, 0) is 4.79 Å². The summed E-state index contributed by atoms with van der Waals surface area (Å²) in [5.74, 6) is -0.628. The van der Waals surface area contributed by atoms with Crippen molar-refractivity contribution in [2.45, 2.75) is 6.92 Å². The molecule has 0 saturated carbocycles. The molecule has 5 nitrogen and oxygen atoms in total. The van der Waals surface area contributed by atoms with Crippen molar-refractivity contribution >= 4 is 62.9 Å². The molecule has 4 aromatic rings. The van der Waals surface area contributed by atoms with E-state index >= 15 is 0 Å². The van der Waals surface area contributed by atoms with Crippen LogP contribution in [0.5, 0.6) is 0 Å². The number of para-hydroxylation sites is 2. The highest BCUT2D eigenvalue weighted by atomic mass is 35.5. The summed E-state index contributed by atoms with van der Waals surface area (Å²) in [6.07, 6.45) is 0. The molecule has 0 spiro atoms. The highest BCUT2D eigenvalue weighted by Gasteiger charge is 2.22. The molecule has 8 heteroatoms. The summed E-state index contributed by atoms with van der Waals surface area (Å²) in [7, 11) is 0. The van der Waals surface area contributed by atoms with Crippen molar-refractivity contribution in [3.8, 4) is 10.6 Å². The van der Waals surface area contributed by atoms with Gasteiger partial charge in [-0.05, 0) is 42.6 Å². The van der Waals surface area contributed by atoms with E-state index in [0.717, 1.165) is 21.5 Å². The predicted molar refractivity (Wildman–Crippen MR) is 132 cm³/mol. The smallest absolute Gasteiger partial charge is 0.255 e. The number of amides is 2. The van der Waals surface area contributed by atoms with Gasteiger partial charge in [-0.3, -0.25) is 9.59 Å². The zero-order valence-corrected chi connectivity index (χ0v) is 19.5. The number of anilines is 1. The number of rotatable bonds is 6. The largest absolute Gasteiger partial charge is 0.330 e. The third-order valence-electron chi connectivity index (χ3n) is 4.95. The van der Waals surface area contributed by atoms with Crippen LogP contribution in [0.1, 0.15) is 17.3 Å². The zero-order valence-electron chi connectivity index (χ0n) is 17.1. The summed E-state index contributed by atoms with van der Waals surface area (Å²) in [5, 5.41) is 6.09. The van der Waals surface area contributed by atoms with Gasteiger partial charge in [0.2, 0.25) is 5.91 Å². The molecule has 1 N–H and O–H groups in total. The van der Waals surface area contributed by atoms with Crippen LogP contribution >= 0.6 is 34.5 Å². The Morgan fingerprint density at radius 1 is 1.03 bits per heavy atom. The predicted octanol–water partition coefficient (Wildman–Crippen LogP) is 6.37. The van der Waals surface area contributed by atoms with Crippen molar-refractivity contribution in [2.24, 2.45) is 0 Å². The van der Waals surface area contributed by atoms with Crippen LogP contribution < -0.4 is 5.32 Å². The molecule has 0 fully saturated rings. The number of carbonyl (C=O) groups excluding carboxylic acids is 2. The van der Waals surface area contributed by atoms with E-state index < -0.39 is 0 Å². The zero-order chi connectivity index (χ0) is 22.7. The fourth-order valence-electron chi connectivity index (χ4n) is 3.37. The van der Waals surface area contributed by atoms with Gasteiger partial charge < -0.3 is 10.2 Å². The second kappa shape index (κ2) is 9.69. The maximum atomic E-state index is 13.5. The van der Waals surface area contributed by atoms with Crippen LogP contribution in [0, 0.1) is 0 Å². The lowest BCUT2D eigenvalue weighted by molar-refractivity contribution is -0.116. The first kappa shape index (κ1) is 22.3. The Bertz CT molecular complexity index is 1270. The molecule has 0 aliphatic carbocycles. The SMILES string of the molecule is CCN(CC(=O)Nc1c(Cl)cccc1Cl)C(=O)c1cc(-c2cccs2)nc2ccccc12. The Labute approximate surface area is 199 Å². The highest BCUT2D eigenvalue weighted by molar-refractivity contribution is 7.13. The van der Waals surface area contributed by atoms with Crippen LogP contribution in [0.15, 0.2) is 66.0 Å². The van der Waals surface area contributed by atoms with E-state index in [1.54, 1.807) is 35.6 Å². The molecule has 0 aliphatic rings. The number of aromatic nitrogens is 1. The summed E-state index contributed by atoms with van der Waals surface area (Å²) in [6, 6.07) is 18.2. The van der Waals surface area contributed by atoms with Crippen LogP contribution in [0.2, 0.25) is 10.0 Å². The number of halogens is 2. The molecule has 162 valence electrons. The van der Waals surface area contributed by atoms with Gasteiger partial charge in [-0.1, -0.05) is 53.5 Å². The van der Waals surface area contributed by atoms with Crippen LogP contribution in [0.3, 0.4) is 0 Å². The number of thiophene rings is 1. The maximum absolute atomic E-state index is 13.5. The quantitative estimate of drug-likeness (QED) is 0.346. The van der Waals surface area contributed by atoms with E-state index in [1.807, 2.05) is 48.7 Å². The van der Waals surface area contributed by atoms with E-state index in [9.17, 15) is 9.59 Å². The second-order valence-corrected chi connectivity index (χ2v) is 8.78.